The molecule has 1 aliphatic rings. The molecule has 0 N–H and O–H groups in total. The van der Waals surface area contributed by atoms with Gasteiger partial charge in [0.25, 0.3) is 5.19 Å². The fourth-order valence-corrected chi connectivity index (χ4v) is 5.26. The lowest BCUT2D eigenvalue weighted by atomic mass is 10.1. The van der Waals surface area contributed by atoms with Crippen molar-refractivity contribution < 1.29 is 17.9 Å². The van der Waals surface area contributed by atoms with E-state index in [4.69, 9.17) is 9.47 Å². The predicted octanol–water partition coefficient (Wildman–Crippen LogP) is 5.11. The van der Waals surface area contributed by atoms with Gasteiger partial charge in [0.05, 0.1) is 21.7 Å². The first-order chi connectivity index (χ1) is 15.3. The van der Waals surface area contributed by atoms with Crippen molar-refractivity contribution in [1.82, 2.24) is 9.88 Å². The number of benzene rings is 2. The first-order valence-corrected chi connectivity index (χ1v) is 13.5. The van der Waals surface area contributed by atoms with Gasteiger partial charge in [-0.05, 0) is 48.4 Å². The van der Waals surface area contributed by atoms with Crippen LogP contribution in [0, 0.1) is 0 Å². The third-order valence-corrected chi connectivity index (χ3v) is 7.56. The molecule has 2 aromatic carbocycles. The average molecular weight is 473 g/mol. The molecule has 0 aliphatic carbocycles. The number of sulfone groups is 1. The summed E-state index contributed by atoms with van der Waals surface area (Å²) in [6.07, 6.45) is 4.14. The number of ether oxygens (including phenoxy) is 2. The van der Waals surface area contributed by atoms with Crippen molar-refractivity contribution in [2.75, 3.05) is 26.0 Å². The minimum Gasteiger partial charge on any atom is -0.480 e. The van der Waals surface area contributed by atoms with Gasteiger partial charge < -0.3 is 14.4 Å². The number of hydrogen-bond acceptors (Lipinski definition) is 7. The molecule has 0 atom stereocenters. The maximum absolute atomic E-state index is 11.7. The number of piperidine rings is 1. The van der Waals surface area contributed by atoms with Crippen LogP contribution in [0.2, 0.25) is 0 Å². The molecule has 32 heavy (non-hydrogen) atoms. The Hall–Kier alpha value is -2.58. The Bertz CT molecular complexity index is 1190. The zero-order chi connectivity index (χ0) is 22.7. The molecule has 1 fully saturated rings. The number of likely N-dealkylation sites (tertiary alicyclic amines) is 1. The van der Waals surface area contributed by atoms with E-state index < -0.39 is 9.84 Å². The van der Waals surface area contributed by atoms with E-state index in [0.717, 1.165) is 59.6 Å². The van der Waals surface area contributed by atoms with Gasteiger partial charge in [-0.3, -0.25) is 0 Å². The van der Waals surface area contributed by atoms with Crippen LogP contribution in [-0.4, -0.2) is 50.4 Å². The molecule has 0 amide bonds. The molecule has 1 saturated heterocycles. The Balaban J connectivity index is 1.41. The summed E-state index contributed by atoms with van der Waals surface area (Å²) >= 11 is 1.54. The summed E-state index contributed by atoms with van der Waals surface area (Å²) in [6, 6.07) is 13.0. The van der Waals surface area contributed by atoms with E-state index in [-0.39, 0.29) is 6.10 Å². The van der Waals surface area contributed by atoms with Gasteiger partial charge in [-0.2, -0.15) is 0 Å². The van der Waals surface area contributed by atoms with Crippen molar-refractivity contribution in [1.29, 1.82) is 0 Å². The van der Waals surface area contributed by atoms with Gasteiger partial charge in [0.1, 0.15) is 6.10 Å². The predicted molar refractivity (Wildman–Crippen MR) is 129 cm³/mol. The molecule has 0 unspecified atom stereocenters. The number of rotatable bonds is 8. The van der Waals surface area contributed by atoms with Crippen LogP contribution in [-0.2, 0) is 14.6 Å². The summed E-state index contributed by atoms with van der Waals surface area (Å²) in [5.41, 5.74) is 2.89. The van der Waals surface area contributed by atoms with Crippen LogP contribution in [0.15, 0.2) is 59.8 Å². The first-order valence-electron chi connectivity index (χ1n) is 10.8. The van der Waals surface area contributed by atoms with Crippen molar-refractivity contribution in [2.45, 2.75) is 37.2 Å². The molecule has 4 rings (SSSR count). The lowest BCUT2D eigenvalue weighted by molar-refractivity contribution is 0.0611. The second-order valence-corrected chi connectivity index (χ2v) is 11.0. The first kappa shape index (κ1) is 22.6. The van der Waals surface area contributed by atoms with Crippen LogP contribution < -0.4 is 4.74 Å². The monoisotopic (exact) mass is 472 g/mol. The summed E-state index contributed by atoms with van der Waals surface area (Å²) in [5.74, 6) is 0.752. The van der Waals surface area contributed by atoms with Gasteiger partial charge in [-0.1, -0.05) is 36.5 Å². The lowest BCUT2D eigenvalue weighted by Crippen LogP contribution is -2.38. The van der Waals surface area contributed by atoms with Crippen molar-refractivity contribution in [3.63, 3.8) is 0 Å². The molecule has 1 aliphatic heterocycles. The van der Waals surface area contributed by atoms with E-state index in [1.165, 1.54) is 6.26 Å². The second-order valence-electron chi connectivity index (χ2n) is 8.01. The van der Waals surface area contributed by atoms with Gasteiger partial charge >= 0.3 is 0 Å². The van der Waals surface area contributed by atoms with Gasteiger partial charge in [-0.25, -0.2) is 13.4 Å². The maximum atomic E-state index is 11.7. The highest BCUT2D eigenvalue weighted by Crippen LogP contribution is 2.33. The van der Waals surface area contributed by atoms with Crippen molar-refractivity contribution >= 4 is 31.4 Å². The van der Waals surface area contributed by atoms with E-state index in [1.54, 1.807) is 23.5 Å². The molecule has 8 heteroatoms. The molecule has 1 aromatic heterocycles. The molecule has 0 spiro atoms. The molecular formula is C24H28N2O4S2. The third-order valence-electron chi connectivity index (χ3n) is 5.52. The maximum Gasteiger partial charge on any atom is 0.274 e. The van der Waals surface area contributed by atoms with Crippen LogP contribution in [0.3, 0.4) is 0 Å². The zero-order valence-corrected chi connectivity index (χ0v) is 20.0. The van der Waals surface area contributed by atoms with Crippen LogP contribution >= 0.6 is 11.3 Å². The fraction of sp³-hybridized carbons (Fsp3) is 0.375. The summed E-state index contributed by atoms with van der Waals surface area (Å²) in [5, 5.41) is 0.684. The molecule has 0 saturated carbocycles. The van der Waals surface area contributed by atoms with E-state index in [9.17, 15) is 8.42 Å². The third kappa shape index (κ3) is 5.24. The SMILES string of the molecule is C=C(OCCC)N1CCC(Oc2nc3ccc(-c4ccc(S(C)(=O)=O)cc4)cc3s2)CC1. The molecule has 2 heterocycles. The van der Waals surface area contributed by atoms with Crippen LogP contribution in [0.25, 0.3) is 21.3 Å². The van der Waals surface area contributed by atoms with E-state index in [2.05, 4.69) is 29.5 Å². The van der Waals surface area contributed by atoms with Gasteiger partial charge in [0.15, 0.2) is 15.7 Å². The van der Waals surface area contributed by atoms with E-state index >= 15 is 0 Å². The molecule has 3 aromatic rings. The Morgan fingerprint density at radius 2 is 1.84 bits per heavy atom. The zero-order valence-electron chi connectivity index (χ0n) is 18.4. The Morgan fingerprint density at radius 1 is 1.16 bits per heavy atom. The fourth-order valence-electron chi connectivity index (χ4n) is 3.70. The quantitative estimate of drug-likeness (QED) is 0.425. The molecular weight excluding hydrogens is 444 g/mol. The van der Waals surface area contributed by atoms with Crippen LogP contribution in [0.5, 0.6) is 5.19 Å². The molecule has 6 nitrogen and oxygen atoms in total. The Labute approximate surface area is 193 Å². The highest BCUT2D eigenvalue weighted by Gasteiger charge is 2.23. The highest BCUT2D eigenvalue weighted by molar-refractivity contribution is 7.90. The summed E-state index contributed by atoms with van der Waals surface area (Å²) in [6.45, 7) is 8.55. The molecule has 0 radical (unpaired) electrons. The number of aromatic nitrogens is 1. The minimum absolute atomic E-state index is 0.133. The normalized spacial score (nSPS) is 15.1. The topological polar surface area (TPSA) is 68.7 Å². The molecule has 0 bridgehead atoms. The standard InChI is InChI=1S/C24H28N2O4S2/c1-4-15-29-17(2)26-13-11-20(12-14-26)30-24-25-22-10-7-19(16-23(22)31-24)18-5-8-21(9-6-18)32(3,27)28/h5-10,16,20H,2,4,11-15H2,1,3H3. The van der Waals surface area contributed by atoms with Crippen LogP contribution in [0.4, 0.5) is 0 Å². The number of nitrogens with zero attached hydrogens (tertiary/aromatic N) is 2. The number of fused-ring (bicyclic) bond motifs is 1. The Morgan fingerprint density at radius 3 is 2.50 bits per heavy atom. The number of hydrogen-bond donors (Lipinski definition) is 0. The van der Waals surface area contributed by atoms with E-state index in [0.29, 0.717) is 16.7 Å². The average Bonchev–Trinajstić information content (AvgIpc) is 3.19. The van der Waals surface area contributed by atoms with Gasteiger partial charge in [-0.15, -0.1) is 0 Å². The highest BCUT2D eigenvalue weighted by atomic mass is 32.2. The summed E-state index contributed by atoms with van der Waals surface area (Å²) in [7, 11) is -3.20. The molecule has 170 valence electrons. The second kappa shape index (κ2) is 9.50. The Kier molecular flexibility index (Phi) is 6.71. The van der Waals surface area contributed by atoms with Crippen molar-refractivity contribution in [3.05, 3.63) is 54.9 Å². The summed E-state index contributed by atoms with van der Waals surface area (Å²) < 4.78 is 36.2. The number of thiazole rings is 1. The lowest BCUT2D eigenvalue weighted by Gasteiger charge is -2.33. The minimum atomic E-state index is -3.20. The van der Waals surface area contributed by atoms with Crippen LogP contribution in [0.1, 0.15) is 26.2 Å². The van der Waals surface area contributed by atoms with Gasteiger partial charge in [0, 0.05) is 32.2 Å². The smallest absolute Gasteiger partial charge is 0.274 e. The van der Waals surface area contributed by atoms with Crippen molar-refractivity contribution in [2.24, 2.45) is 0 Å². The van der Waals surface area contributed by atoms with Gasteiger partial charge in [0.2, 0.25) is 0 Å². The van der Waals surface area contributed by atoms with E-state index in [1.807, 2.05) is 24.3 Å². The summed E-state index contributed by atoms with van der Waals surface area (Å²) in [4.78, 5) is 7.14. The largest absolute Gasteiger partial charge is 0.480 e. The van der Waals surface area contributed by atoms with Crippen molar-refractivity contribution in [3.8, 4) is 16.3 Å².